The molecule has 6 nitrogen and oxygen atoms in total. The average molecular weight is 498 g/mol. The second-order valence-electron chi connectivity index (χ2n) is 7.66. The number of amides is 2. The SMILES string of the molecule is COc1ccc(CN2C(=S)N(c3ccc(F)cc3)C(=O)[C@H]2CC(=O)Nc2ccccc2Cl)cc1. The van der Waals surface area contributed by atoms with Gasteiger partial charge in [-0.15, -0.1) is 0 Å². The number of para-hydroxylation sites is 1. The van der Waals surface area contributed by atoms with Crippen molar-refractivity contribution in [2.75, 3.05) is 17.3 Å². The summed E-state index contributed by atoms with van der Waals surface area (Å²) in [7, 11) is 1.58. The maximum Gasteiger partial charge on any atom is 0.256 e. The molecular weight excluding hydrogens is 477 g/mol. The summed E-state index contributed by atoms with van der Waals surface area (Å²) >= 11 is 11.8. The van der Waals surface area contributed by atoms with Gasteiger partial charge in [0.2, 0.25) is 5.91 Å². The van der Waals surface area contributed by atoms with Crippen LogP contribution in [0.5, 0.6) is 5.75 Å². The van der Waals surface area contributed by atoms with Crippen molar-refractivity contribution in [1.29, 1.82) is 0 Å². The van der Waals surface area contributed by atoms with Gasteiger partial charge in [-0.1, -0.05) is 35.9 Å². The van der Waals surface area contributed by atoms with Crippen molar-refractivity contribution in [3.8, 4) is 5.75 Å². The average Bonchev–Trinajstić information content (AvgIpc) is 3.05. The van der Waals surface area contributed by atoms with E-state index < -0.39 is 11.9 Å². The van der Waals surface area contributed by atoms with Crippen molar-refractivity contribution in [1.82, 2.24) is 4.90 Å². The van der Waals surface area contributed by atoms with Crippen LogP contribution < -0.4 is 15.0 Å². The Kier molecular flexibility index (Phi) is 7.09. The van der Waals surface area contributed by atoms with Crippen molar-refractivity contribution in [3.63, 3.8) is 0 Å². The van der Waals surface area contributed by atoms with E-state index in [1.54, 1.807) is 36.3 Å². The first-order valence-corrected chi connectivity index (χ1v) is 11.2. The number of benzene rings is 3. The number of carbonyl (C=O) groups excluding carboxylic acids is 2. The number of methoxy groups -OCH3 is 1. The van der Waals surface area contributed by atoms with Crippen molar-refractivity contribution < 1.29 is 18.7 Å². The van der Waals surface area contributed by atoms with Gasteiger partial charge >= 0.3 is 0 Å². The van der Waals surface area contributed by atoms with Crippen molar-refractivity contribution in [3.05, 3.63) is 89.2 Å². The fourth-order valence-corrected chi connectivity index (χ4v) is 4.28. The Labute approximate surface area is 206 Å². The van der Waals surface area contributed by atoms with Gasteiger partial charge in [0, 0.05) is 6.54 Å². The lowest BCUT2D eigenvalue weighted by Crippen LogP contribution is -2.37. The van der Waals surface area contributed by atoms with Gasteiger partial charge < -0.3 is 15.0 Å². The first-order valence-electron chi connectivity index (χ1n) is 10.4. The van der Waals surface area contributed by atoms with Crippen molar-refractivity contribution in [2.24, 2.45) is 0 Å². The van der Waals surface area contributed by atoms with Crippen LogP contribution in [0.2, 0.25) is 5.02 Å². The highest BCUT2D eigenvalue weighted by atomic mass is 35.5. The molecule has 1 fully saturated rings. The van der Waals surface area contributed by atoms with Crippen LogP contribution in [0.3, 0.4) is 0 Å². The molecule has 1 aliphatic rings. The molecule has 174 valence electrons. The largest absolute Gasteiger partial charge is 0.497 e. The highest BCUT2D eigenvalue weighted by molar-refractivity contribution is 7.80. The molecule has 0 aromatic heterocycles. The number of hydrogen-bond acceptors (Lipinski definition) is 4. The zero-order valence-electron chi connectivity index (χ0n) is 18.2. The van der Waals surface area contributed by atoms with Crippen LogP contribution in [0.25, 0.3) is 0 Å². The van der Waals surface area contributed by atoms with E-state index in [1.165, 1.54) is 29.2 Å². The Morgan fingerprint density at radius 1 is 1.09 bits per heavy atom. The number of nitrogens with zero attached hydrogens (tertiary/aromatic N) is 2. The third-order valence-electron chi connectivity index (χ3n) is 5.44. The van der Waals surface area contributed by atoms with E-state index in [-0.39, 0.29) is 23.3 Å². The Morgan fingerprint density at radius 3 is 2.41 bits per heavy atom. The Bertz CT molecular complexity index is 1220. The van der Waals surface area contributed by atoms with Gasteiger partial charge in [0.1, 0.15) is 17.6 Å². The molecule has 3 aromatic carbocycles. The molecule has 0 bridgehead atoms. The predicted octanol–water partition coefficient (Wildman–Crippen LogP) is 5.02. The molecule has 0 saturated carbocycles. The number of anilines is 2. The molecule has 1 atom stereocenters. The summed E-state index contributed by atoms with van der Waals surface area (Å²) in [6, 6.07) is 18.9. The summed E-state index contributed by atoms with van der Waals surface area (Å²) < 4.78 is 18.7. The van der Waals surface area contributed by atoms with Gasteiger partial charge in [-0.2, -0.15) is 0 Å². The topological polar surface area (TPSA) is 61.9 Å². The number of thiocarbonyl (C=S) groups is 1. The summed E-state index contributed by atoms with van der Waals surface area (Å²) in [5, 5.41) is 3.39. The number of rotatable bonds is 7. The van der Waals surface area contributed by atoms with Crippen molar-refractivity contribution in [2.45, 2.75) is 19.0 Å². The third kappa shape index (κ3) is 5.03. The minimum atomic E-state index is -0.845. The maximum atomic E-state index is 13.5. The summed E-state index contributed by atoms with van der Waals surface area (Å²) in [4.78, 5) is 29.3. The van der Waals surface area contributed by atoms with E-state index in [9.17, 15) is 14.0 Å². The van der Waals surface area contributed by atoms with E-state index in [0.29, 0.717) is 28.7 Å². The molecule has 1 aliphatic heterocycles. The third-order valence-corrected chi connectivity index (χ3v) is 6.19. The Balaban J connectivity index is 1.61. The van der Waals surface area contributed by atoms with E-state index in [4.69, 9.17) is 28.6 Å². The summed E-state index contributed by atoms with van der Waals surface area (Å²) in [5.74, 6) is -0.464. The van der Waals surface area contributed by atoms with Crippen LogP contribution >= 0.6 is 23.8 Å². The second kappa shape index (κ2) is 10.2. The highest BCUT2D eigenvalue weighted by Gasteiger charge is 2.44. The lowest BCUT2D eigenvalue weighted by molar-refractivity contribution is -0.124. The molecule has 0 spiro atoms. The summed E-state index contributed by atoms with van der Waals surface area (Å²) in [6.45, 7) is 0.302. The van der Waals surface area contributed by atoms with E-state index in [0.717, 1.165) is 5.56 Å². The van der Waals surface area contributed by atoms with Gasteiger partial charge in [0.25, 0.3) is 5.91 Å². The second-order valence-corrected chi connectivity index (χ2v) is 8.43. The Morgan fingerprint density at radius 2 is 1.76 bits per heavy atom. The zero-order valence-corrected chi connectivity index (χ0v) is 19.8. The van der Waals surface area contributed by atoms with Crippen LogP contribution in [0.1, 0.15) is 12.0 Å². The lowest BCUT2D eigenvalue weighted by atomic mass is 10.1. The van der Waals surface area contributed by atoms with Gasteiger partial charge in [-0.05, 0) is 66.3 Å². The lowest BCUT2D eigenvalue weighted by Gasteiger charge is -2.24. The number of halogens is 2. The molecule has 34 heavy (non-hydrogen) atoms. The molecular formula is C25H21ClFN3O3S. The van der Waals surface area contributed by atoms with E-state index in [1.807, 2.05) is 24.3 Å². The first-order chi connectivity index (χ1) is 16.4. The molecule has 1 heterocycles. The predicted molar refractivity (Wildman–Crippen MR) is 134 cm³/mol. The number of carbonyl (C=O) groups is 2. The number of ether oxygens (including phenoxy) is 1. The highest BCUT2D eigenvalue weighted by Crippen LogP contribution is 2.30. The molecule has 0 radical (unpaired) electrons. The van der Waals surface area contributed by atoms with Gasteiger partial charge in [0.15, 0.2) is 5.11 Å². The van der Waals surface area contributed by atoms with Crippen molar-refractivity contribution >= 4 is 52.1 Å². The molecule has 0 aliphatic carbocycles. The van der Waals surface area contributed by atoms with Crippen LogP contribution in [-0.2, 0) is 16.1 Å². The van der Waals surface area contributed by atoms with Crippen LogP contribution in [0, 0.1) is 5.82 Å². The molecule has 1 N–H and O–H groups in total. The fourth-order valence-electron chi connectivity index (χ4n) is 3.71. The fraction of sp³-hybridized carbons (Fsp3) is 0.160. The summed E-state index contributed by atoms with van der Waals surface area (Å²) in [6.07, 6.45) is -0.141. The van der Waals surface area contributed by atoms with Crippen LogP contribution in [0.15, 0.2) is 72.8 Å². The van der Waals surface area contributed by atoms with E-state index in [2.05, 4.69) is 5.32 Å². The standard InChI is InChI=1S/C25H21ClFN3O3S/c1-33-19-12-6-16(7-13-19)15-29-22(14-23(31)28-21-5-3-2-4-20(21)26)24(32)30(25(29)34)18-10-8-17(27)9-11-18/h2-13,22H,14-15H2,1H3,(H,28,31)/t22-/m1/s1. The minimum Gasteiger partial charge on any atom is -0.497 e. The molecule has 4 rings (SSSR count). The Hall–Kier alpha value is -3.49. The number of nitrogens with one attached hydrogen (secondary N) is 1. The van der Waals surface area contributed by atoms with E-state index >= 15 is 0 Å². The monoisotopic (exact) mass is 497 g/mol. The summed E-state index contributed by atoms with van der Waals surface area (Å²) in [5.41, 5.74) is 1.78. The minimum absolute atomic E-state index is 0.141. The molecule has 2 amide bonds. The van der Waals surface area contributed by atoms with Gasteiger partial charge in [0.05, 0.1) is 29.9 Å². The molecule has 0 unspecified atom stereocenters. The van der Waals surface area contributed by atoms with Gasteiger partial charge in [-0.3, -0.25) is 14.5 Å². The quantitative estimate of drug-likeness (QED) is 0.464. The first kappa shape index (κ1) is 23.7. The number of hydrogen-bond donors (Lipinski definition) is 1. The van der Waals surface area contributed by atoms with Crippen LogP contribution in [-0.4, -0.2) is 35.0 Å². The molecule has 3 aromatic rings. The normalized spacial score (nSPS) is 15.6. The smallest absolute Gasteiger partial charge is 0.256 e. The van der Waals surface area contributed by atoms with Gasteiger partial charge in [-0.25, -0.2) is 4.39 Å². The zero-order chi connectivity index (χ0) is 24.2. The maximum absolute atomic E-state index is 13.5. The molecule has 9 heteroatoms. The molecule has 1 saturated heterocycles. The van der Waals surface area contributed by atoms with Crippen LogP contribution in [0.4, 0.5) is 15.8 Å².